The number of ether oxygens (including phenoxy) is 1. The number of nitrogens with zero attached hydrogens (tertiary/aromatic N) is 4. The number of benzene rings is 2. The quantitative estimate of drug-likeness (QED) is 0.417. The second-order valence-electron chi connectivity index (χ2n) is 7.90. The van der Waals surface area contributed by atoms with Crippen molar-refractivity contribution in [1.82, 2.24) is 19.5 Å². The zero-order chi connectivity index (χ0) is 23.5. The first-order valence-corrected chi connectivity index (χ1v) is 10.6. The predicted molar refractivity (Wildman–Crippen MR) is 128 cm³/mol. The molecule has 33 heavy (non-hydrogen) atoms. The fourth-order valence-corrected chi connectivity index (χ4v) is 3.27. The Morgan fingerprint density at radius 3 is 2.21 bits per heavy atom. The Morgan fingerprint density at radius 2 is 1.55 bits per heavy atom. The molecule has 0 bridgehead atoms. The summed E-state index contributed by atoms with van der Waals surface area (Å²) in [5.41, 5.74) is 5.64. The maximum atomic E-state index is 12.3. The van der Waals surface area contributed by atoms with Crippen molar-refractivity contribution in [2.24, 2.45) is 0 Å². The standard InChI is InChI=1S/C25H26N6O2/c1-15-6-7-21(12-16(15)2)30-25(32)29-20-8-10-22(11-9-20)33-24-13-23(27-19(5)28-24)31-14-26-17(3)18(31)4/h6-14H,1-5H3,(H2,29,30,32). The van der Waals surface area contributed by atoms with Crippen molar-refractivity contribution in [2.45, 2.75) is 34.6 Å². The molecular formula is C25H26N6O2. The van der Waals surface area contributed by atoms with Gasteiger partial charge in [0.15, 0.2) is 0 Å². The molecule has 0 saturated heterocycles. The second kappa shape index (κ2) is 9.12. The molecular weight excluding hydrogens is 416 g/mol. The van der Waals surface area contributed by atoms with Crippen LogP contribution in [0.2, 0.25) is 0 Å². The molecule has 8 heteroatoms. The van der Waals surface area contributed by atoms with Crippen LogP contribution in [-0.2, 0) is 0 Å². The lowest BCUT2D eigenvalue weighted by Gasteiger charge is -2.11. The average molecular weight is 443 g/mol. The zero-order valence-corrected chi connectivity index (χ0v) is 19.3. The number of hydrogen-bond acceptors (Lipinski definition) is 5. The van der Waals surface area contributed by atoms with E-state index in [0.29, 0.717) is 29.0 Å². The van der Waals surface area contributed by atoms with E-state index in [-0.39, 0.29) is 6.03 Å². The van der Waals surface area contributed by atoms with Crippen LogP contribution in [0, 0.1) is 34.6 Å². The number of anilines is 2. The Labute approximate surface area is 192 Å². The number of nitrogens with one attached hydrogen (secondary N) is 2. The van der Waals surface area contributed by atoms with E-state index in [1.165, 1.54) is 5.56 Å². The van der Waals surface area contributed by atoms with Crippen LogP contribution in [0.3, 0.4) is 0 Å². The van der Waals surface area contributed by atoms with Crippen molar-refractivity contribution in [3.05, 3.63) is 83.2 Å². The van der Waals surface area contributed by atoms with Crippen molar-refractivity contribution in [3.8, 4) is 17.4 Å². The van der Waals surface area contributed by atoms with Crippen LogP contribution in [0.25, 0.3) is 5.82 Å². The number of imidazole rings is 1. The lowest BCUT2D eigenvalue weighted by molar-refractivity contribution is 0.262. The first kappa shape index (κ1) is 22.0. The van der Waals surface area contributed by atoms with Crippen molar-refractivity contribution < 1.29 is 9.53 Å². The van der Waals surface area contributed by atoms with Crippen LogP contribution >= 0.6 is 0 Å². The first-order chi connectivity index (χ1) is 15.8. The molecule has 168 valence electrons. The third-order valence-corrected chi connectivity index (χ3v) is 5.40. The summed E-state index contributed by atoms with van der Waals surface area (Å²) in [6.45, 7) is 9.80. The molecule has 2 N–H and O–H groups in total. The molecule has 2 heterocycles. The fourth-order valence-electron chi connectivity index (χ4n) is 3.27. The lowest BCUT2D eigenvalue weighted by atomic mass is 10.1. The highest BCUT2D eigenvalue weighted by Gasteiger charge is 2.10. The fraction of sp³-hybridized carbons (Fsp3) is 0.200. The van der Waals surface area contributed by atoms with E-state index in [1.54, 1.807) is 36.7 Å². The Hall–Kier alpha value is -4.20. The molecule has 2 aromatic heterocycles. The van der Waals surface area contributed by atoms with E-state index < -0.39 is 0 Å². The third kappa shape index (κ3) is 5.17. The number of hydrogen-bond donors (Lipinski definition) is 2. The van der Waals surface area contributed by atoms with Gasteiger partial charge in [-0.05, 0) is 82.1 Å². The second-order valence-corrected chi connectivity index (χ2v) is 7.90. The van der Waals surface area contributed by atoms with Crippen molar-refractivity contribution in [2.75, 3.05) is 10.6 Å². The number of carbonyl (C=O) groups excluding carboxylic acids is 1. The van der Waals surface area contributed by atoms with E-state index in [1.807, 2.05) is 57.4 Å². The molecule has 0 atom stereocenters. The van der Waals surface area contributed by atoms with Gasteiger partial charge in [0.05, 0.1) is 5.69 Å². The molecule has 0 aliphatic carbocycles. The smallest absolute Gasteiger partial charge is 0.323 e. The molecule has 0 spiro atoms. The van der Waals surface area contributed by atoms with Gasteiger partial charge < -0.3 is 15.4 Å². The van der Waals surface area contributed by atoms with Gasteiger partial charge in [-0.25, -0.2) is 14.8 Å². The van der Waals surface area contributed by atoms with Crippen LogP contribution < -0.4 is 15.4 Å². The van der Waals surface area contributed by atoms with Gasteiger partial charge in [0.2, 0.25) is 5.88 Å². The molecule has 0 fully saturated rings. The lowest BCUT2D eigenvalue weighted by Crippen LogP contribution is -2.19. The summed E-state index contributed by atoms with van der Waals surface area (Å²) in [7, 11) is 0. The van der Waals surface area contributed by atoms with Crippen molar-refractivity contribution in [3.63, 3.8) is 0 Å². The molecule has 4 aromatic rings. The van der Waals surface area contributed by atoms with Gasteiger partial charge in [0.25, 0.3) is 0 Å². The largest absolute Gasteiger partial charge is 0.439 e. The van der Waals surface area contributed by atoms with E-state index >= 15 is 0 Å². The average Bonchev–Trinajstić information content (AvgIpc) is 3.10. The molecule has 0 aliphatic rings. The monoisotopic (exact) mass is 442 g/mol. The highest BCUT2D eigenvalue weighted by atomic mass is 16.5. The van der Waals surface area contributed by atoms with Crippen LogP contribution in [0.5, 0.6) is 11.6 Å². The number of carbonyl (C=O) groups is 1. The molecule has 2 amide bonds. The van der Waals surface area contributed by atoms with Crippen molar-refractivity contribution >= 4 is 17.4 Å². The summed E-state index contributed by atoms with van der Waals surface area (Å²) in [6, 6.07) is 14.3. The SMILES string of the molecule is Cc1nc(Oc2ccc(NC(=O)Nc3ccc(C)c(C)c3)cc2)cc(-n2cnc(C)c2C)n1. The maximum Gasteiger partial charge on any atom is 0.323 e. The summed E-state index contributed by atoms with van der Waals surface area (Å²) in [5, 5.41) is 5.66. The van der Waals surface area contributed by atoms with E-state index in [4.69, 9.17) is 4.74 Å². The molecule has 0 radical (unpaired) electrons. The maximum absolute atomic E-state index is 12.3. The highest BCUT2D eigenvalue weighted by Crippen LogP contribution is 2.24. The number of aromatic nitrogens is 4. The summed E-state index contributed by atoms with van der Waals surface area (Å²) in [4.78, 5) is 25.5. The van der Waals surface area contributed by atoms with Gasteiger partial charge >= 0.3 is 6.03 Å². The zero-order valence-electron chi connectivity index (χ0n) is 19.3. The Kier molecular flexibility index (Phi) is 6.08. The molecule has 2 aromatic carbocycles. The van der Waals surface area contributed by atoms with Gasteiger partial charge in [0.1, 0.15) is 23.7 Å². The number of aryl methyl sites for hydroxylation is 4. The summed E-state index contributed by atoms with van der Waals surface area (Å²) in [5.74, 6) is 2.31. The summed E-state index contributed by atoms with van der Waals surface area (Å²) in [6.07, 6.45) is 1.74. The van der Waals surface area contributed by atoms with Gasteiger partial charge in [-0.2, -0.15) is 4.98 Å². The van der Waals surface area contributed by atoms with Gasteiger partial charge in [0, 0.05) is 23.1 Å². The number of urea groups is 1. The number of rotatable bonds is 5. The minimum atomic E-state index is -0.311. The summed E-state index contributed by atoms with van der Waals surface area (Å²) >= 11 is 0. The summed E-state index contributed by atoms with van der Waals surface area (Å²) < 4.78 is 7.84. The van der Waals surface area contributed by atoms with Gasteiger partial charge in [-0.15, -0.1) is 0 Å². The van der Waals surface area contributed by atoms with Gasteiger partial charge in [-0.1, -0.05) is 6.07 Å². The van der Waals surface area contributed by atoms with Crippen molar-refractivity contribution in [1.29, 1.82) is 0 Å². The predicted octanol–water partition coefficient (Wildman–Crippen LogP) is 5.64. The van der Waals surface area contributed by atoms with Crippen LogP contribution in [-0.4, -0.2) is 25.6 Å². The molecule has 0 saturated carbocycles. The first-order valence-electron chi connectivity index (χ1n) is 10.6. The Balaban J connectivity index is 1.43. The minimum absolute atomic E-state index is 0.311. The molecule has 8 nitrogen and oxygen atoms in total. The van der Waals surface area contributed by atoms with Crippen LogP contribution in [0.15, 0.2) is 54.9 Å². The third-order valence-electron chi connectivity index (χ3n) is 5.40. The minimum Gasteiger partial charge on any atom is -0.439 e. The van der Waals surface area contributed by atoms with Gasteiger partial charge in [-0.3, -0.25) is 4.57 Å². The molecule has 4 rings (SSSR count). The molecule has 0 aliphatic heterocycles. The van der Waals surface area contributed by atoms with E-state index in [2.05, 4.69) is 25.6 Å². The van der Waals surface area contributed by atoms with E-state index in [0.717, 1.165) is 22.6 Å². The topological polar surface area (TPSA) is 94.0 Å². The molecule has 0 unspecified atom stereocenters. The van der Waals surface area contributed by atoms with E-state index in [9.17, 15) is 4.79 Å². The normalized spacial score (nSPS) is 10.7. The highest BCUT2D eigenvalue weighted by molar-refractivity contribution is 5.99. The Morgan fingerprint density at radius 1 is 0.848 bits per heavy atom. The Bertz CT molecular complexity index is 1310. The van der Waals surface area contributed by atoms with Crippen LogP contribution in [0.1, 0.15) is 28.3 Å². The number of amides is 2. The van der Waals surface area contributed by atoms with Crippen LogP contribution in [0.4, 0.5) is 16.2 Å².